The number of halogens is 1. The lowest BCUT2D eigenvalue weighted by molar-refractivity contribution is 0.690. The molecule has 1 aromatic rings. The first-order valence-electron chi connectivity index (χ1n) is 6.39. The molecule has 0 aliphatic carbocycles. The third-order valence-corrected chi connectivity index (χ3v) is 3.34. The molecule has 0 unspecified atom stereocenters. The number of hydrogen-bond donors (Lipinski definition) is 0. The van der Waals surface area contributed by atoms with Gasteiger partial charge in [-0.25, -0.2) is 0 Å². The summed E-state index contributed by atoms with van der Waals surface area (Å²) in [6.45, 7) is 8.29. The second-order valence-corrected chi connectivity index (χ2v) is 5.16. The van der Waals surface area contributed by atoms with Crippen molar-refractivity contribution in [2.45, 2.75) is 32.6 Å². The van der Waals surface area contributed by atoms with Gasteiger partial charge in [-0.15, -0.1) is 6.58 Å². The maximum atomic E-state index is 3.78. The summed E-state index contributed by atoms with van der Waals surface area (Å²) in [4.78, 5) is 2.47. The minimum absolute atomic E-state index is 1.10. The smallest absolute Gasteiger partial charge is 0.0366 e. The van der Waals surface area contributed by atoms with Gasteiger partial charge in [0.05, 0.1) is 0 Å². The van der Waals surface area contributed by atoms with Crippen LogP contribution in [-0.2, 0) is 0 Å². The Morgan fingerprint density at radius 3 is 2.41 bits per heavy atom. The normalized spacial score (nSPS) is 10.2. The minimum Gasteiger partial charge on any atom is -0.372 e. The van der Waals surface area contributed by atoms with E-state index in [1.165, 1.54) is 24.9 Å². The summed E-state index contributed by atoms with van der Waals surface area (Å²) in [5.41, 5.74) is 1.32. The molecular formula is C15H22BrN. The van der Waals surface area contributed by atoms with Crippen molar-refractivity contribution >= 4 is 21.6 Å². The number of benzene rings is 1. The molecule has 0 fully saturated rings. The molecule has 94 valence electrons. The van der Waals surface area contributed by atoms with Crippen LogP contribution >= 0.6 is 15.9 Å². The van der Waals surface area contributed by atoms with Gasteiger partial charge >= 0.3 is 0 Å². The highest BCUT2D eigenvalue weighted by molar-refractivity contribution is 9.10. The number of rotatable bonds is 8. The highest BCUT2D eigenvalue weighted by Crippen LogP contribution is 2.19. The molecule has 0 amide bonds. The average molecular weight is 296 g/mol. The van der Waals surface area contributed by atoms with Gasteiger partial charge < -0.3 is 4.90 Å². The van der Waals surface area contributed by atoms with Crippen molar-refractivity contribution in [3.8, 4) is 0 Å². The van der Waals surface area contributed by atoms with Gasteiger partial charge in [0, 0.05) is 23.2 Å². The van der Waals surface area contributed by atoms with Gasteiger partial charge in [0.15, 0.2) is 0 Å². The van der Waals surface area contributed by atoms with Gasteiger partial charge in [-0.05, 0) is 43.5 Å². The molecule has 0 radical (unpaired) electrons. The quantitative estimate of drug-likeness (QED) is 0.481. The second kappa shape index (κ2) is 8.35. The Hall–Kier alpha value is -0.760. The van der Waals surface area contributed by atoms with Gasteiger partial charge in [0.2, 0.25) is 0 Å². The fourth-order valence-corrected chi connectivity index (χ4v) is 2.06. The molecule has 0 bridgehead atoms. The molecule has 1 nitrogen and oxygen atoms in total. The molecule has 2 heteroatoms. The van der Waals surface area contributed by atoms with E-state index in [9.17, 15) is 0 Å². The van der Waals surface area contributed by atoms with E-state index in [0.717, 1.165) is 24.0 Å². The van der Waals surface area contributed by atoms with Crippen molar-refractivity contribution in [3.63, 3.8) is 0 Å². The van der Waals surface area contributed by atoms with Crippen LogP contribution in [0.25, 0.3) is 0 Å². The molecular weight excluding hydrogens is 274 g/mol. The van der Waals surface area contributed by atoms with Crippen LogP contribution in [0.2, 0.25) is 0 Å². The first kappa shape index (κ1) is 14.3. The van der Waals surface area contributed by atoms with Gasteiger partial charge in [-0.2, -0.15) is 0 Å². The van der Waals surface area contributed by atoms with Crippen molar-refractivity contribution in [1.29, 1.82) is 0 Å². The first-order chi connectivity index (χ1) is 8.27. The van der Waals surface area contributed by atoms with Gasteiger partial charge in [0.25, 0.3) is 0 Å². The van der Waals surface area contributed by atoms with Crippen LogP contribution in [-0.4, -0.2) is 13.1 Å². The molecule has 0 aliphatic heterocycles. The van der Waals surface area contributed by atoms with Gasteiger partial charge in [-0.1, -0.05) is 35.4 Å². The van der Waals surface area contributed by atoms with Crippen LogP contribution < -0.4 is 4.90 Å². The molecule has 0 saturated carbocycles. The Kier molecular flexibility index (Phi) is 7.02. The highest BCUT2D eigenvalue weighted by atomic mass is 79.9. The summed E-state index contributed by atoms with van der Waals surface area (Å²) in [7, 11) is 0. The summed E-state index contributed by atoms with van der Waals surface area (Å²) in [5, 5.41) is 0. The minimum atomic E-state index is 1.10. The van der Waals surface area contributed by atoms with Gasteiger partial charge in [-0.3, -0.25) is 0 Å². The van der Waals surface area contributed by atoms with Gasteiger partial charge in [0.1, 0.15) is 0 Å². The molecule has 0 aliphatic rings. The zero-order valence-electron chi connectivity index (χ0n) is 10.7. The maximum Gasteiger partial charge on any atom is 0.0366 e. The van der Waals surface area contributed by atoms with E-state index in [4.69, 9.17) is 0 Å². The number of anilines is 1. The fourth-order valence-electron chi connectivity index (χ4n) is 1.80. The summed E-state index contributed by atoms with van der Waals surface area (Å²) in [6.07, 6.45) is 6.78. The summed E-state index contributed by atoms with van der Waals surface area (Å²) in [6, 6.07) is 8.60. The SMILES string of the molecule is C=CCCCN(CCCC)c1ccc(Br)cc1. The first-order valence-corrected chi connectivity index (χ1v) is 7.18. The predicted octanol–water partition coefficient (Wildman–Crippen LogP) is 5.02. The Morgan fingerprint density at radius 2 is 1.82 bits per heavy atom. The van der Waals surface area contributed by atoms with Crippen molar-refractivity contribution in [2.24, 2.45) is 0 Å². The number of nitrogens with zero attached hydrogens (tertiary/aromatic N) is 1. The van der Waals surface area contributed by atoms with E-state index in [-0.39, 0.29) is 0 Å². The lowest BCUT2D eigenvalue weighted by Crippen LogP contribution is -2.25. The molecule has 1 aromatic carbocycles. The lowest BCUT2D eigenvalue weighted by atomic mass is 10.2. The lowest BCUT2D eigenvalue weighted by Gasteiger charge is -2.24. The summed E-state index contributed by atoms with van der Waals surface area (Å²) >= 11 is 3.48. The standard InChI is InChI=1S/C15H22BrN/c1-3-5-7-13-17(12-6-4-2)15-10-8-14(16)9-11-15/h3,8-11H,1,4-7,12-13H2,2H3. The maximum absolute atomic E-state index is 3.78. The molecule has 17 heavy (non-hydrogen) atoms. The summed E-state index contributed by atoms with van der Waals surface area (Å²) < 4.78 is 1.14. The Labute approximate surface area is 114 Å². The third-order valence-electron chi connectivity index (χ3n) is 2.81. The van der Waals surface area contributed by atoms with Crippen LogP contribution in [0.15, 0.2) is 41.4 Å². The molecule has 0 atom stereocenters. The third kappa shape index (κ3) is 5.40. The van der Waals surface area contributed by atoms with Crippen molar-refractivity contribution in [1.82, 2.24) is 0 Å². The van der Waals surface area contributed by atoms with Crippen LogP contribution in [0.1, 0.15) is 32.6 Å². The van der Waals surface area contributed by atoms with Crippen molar-refractivity contribution in [2.75, 3.05) is 18.0 Å². The second-order valence-electron chi connectivity index (χ2n) is 4.25. The monoisotopic (exact) mass is 295 g/mol. The van der Waals surface area contributed by atoms with Crippen LogP contribution in [0.5, 0.6) is 0 Å². The topological polar surface area (TPSA) is 3.24 Å². The van der Waals surface area contributed by atoms with E-state index in [0.29, 0.717) is 0 Å². The van der Waals surface area contributed by atoms with Crippen LogP contribution in [0.3, 0.4) is 0 Å². The molecule has 0 N–H and O–H groups in total. The molecule has 1 rings (SSSR count). The molecule has 0 saturated heterocycles. The van der Waals surface area contributed by atoms with E-state index < -0.39 is 0 Å². The van der Waals surface area contributed by atoms with Crippen LogP contribution in [0.4, 0.5) is 5.69 Å². The predicted molar refractivity (Wildman–Crippen MR) is 80.7 cm³/mol. The largest absolute Gasteiger partial charge is 0.372 e. The van der Waals surface area contributed by atoms with Crippen molar-refractivity contribution < 1.29 is 0 Å². The number of allylic oxidation sites excluding steroid dienone is 1. The Morgan fingerprint density at radius 1 is 1.18 bits per heavy atom. The van der Waals surface area contributed by atoms with E-state index in [1.807, 2.05) is 6.08 Å². The zero-order valence-corrected chi connectivity index (χ0v) is 12.2. The molecule has 0 heterocycles. The van der Waals surface area contributed by atoms with E-state index in [1.54, 1.807) is 0 Å². The average Bonchev–Trinajstić information content (AvgIpc) is 2.35. The van der Waals surface area contributed by atoms with E-state index >= 15 is 0 Å². The number of unbranched alkanes of at least 4 members (excludes halogenated alkanes) is 2. The molecule has 0 aromatic heterocycles. The van der Waals surface area contributed by atoms with Crippen LogP contribution in [0, 0.1) is 0 Å². The van der Waals surface area contributed by atoms with Crippen molar-refractivity contribution in [3.05, 3.63) is 41.4 Å². The highest BCUT2D eigenvalue weighted by Gasteiger charge is 2.04. The fraction of sp³-hybridized carbons (Fsp3) is 0.467. The Bertz CT molecular complexity index is 318. The molecule has 0 spiro atoms. The summed E-state index contributed by atoms with van der Waals surface area (Å²) in [5.74, 6) is 0. The Balaban J connectivity index is 2.60. The zero-order chi connectivity index (χ0) is 12.5. The number of hydrogen-bond acceptors (Lipinski definition) is 1. The van der Waals surface area contributed by atoms with E-state index in [2.05, 4.69) is 58.6 Å².